The summed E-state index contributed by atoms with van der Waals surface area (Å²) in [6, 6.07) is 6.28. The van der Waals surface area contributed by atoms with Crippen LogP contribution in [0.25, 0.3) is 0 Å². The highest BCUT2D eigenvalue weighted by Crippen LogP contribution is 2.32. The minimum atomic E-state index is -0.541. The minimum absolute atomic E-state index is 0.111. The molecule has 0 aromatic heterocycles. The summed E-state index contributed by atoms with van der Waals surface area (Å²) in [5.41, 5.74) is 0.417. The van der Waals surface area contributed by atoms with E-state index in [2.05, 4.69) is 0 Å². The number of esters is 1. The SMILES string of the molecule is CCOC(=O)[C@@H]1CCCN([C@H]2CC(=O)N(c3ccccc3Cl)C2=O)C1. The molecule has 0 unspecified atom stereocenters. The molecule has 0 bridgehead atoms. The second-order valence-corrected chi connectivity index (χ2v) is 6.73. The van der Waals surface area contributed by atoms with Gasteiger partial charge in [0.1, 0.15) is 0 Å². The summed E-state index contributed by atoms with van der Waals surface area (Å²) in [6.07, 6.45) is 1.66. The Bertz CT molecular complexity index is 693. The number of rotatable bonds is 4. The third kappa shape index (κ3) is 3.55. The number of carbonyl (C=O) groups excluding carboxylic acids is 3. The molecule has 2 saturated heterocycles. The summed E-state index contributed by atoms with van der Waals surface area (Å²) in [5.74, 6) is -1.01. The predicted molar refractivity (Wildman–Crippen MR) is 93.3 cm³/mol. The van der Waals surface area contributed by atoms with Gasteiger partial charge >= 0.3 is 5.97 Å². The van der Waals surface area contributed by atoms with Crippen LogP contribution in [0.4, 0.5) is 5.69 Å². The Morgan fingerprint density at radius 1 is 1.32 bits per heavy atom. The van der Waals surface area contributed by atoms with Crippen molar-refractivity contribution in [1.82, 2.24) is 4.90 Å². The van der Waals surface area contributed by atoms with Gasteiger partial charge in [-0.2, -0.15) is 0 Å². The maximum atomic E-state index is 12.9. The van der Waals surface area contributed by atoms with E-state index in [9.17, 15) is 14.4 Å². The van der Waals surface area contributed by atoms with Crippen LogP contribution in [0.2, 0.25) is 5.02 Å². The summed E-state index contributed by atoms with van der Waals surface area (Å²) in [6.45, 7) is 3.25. The van der Waals surface area contributed by atoms with Crippen LogP contribution in [0, 0.1) is 5.92 Å². The van der Waals surface area contributed by atoms with E-state index in [4.69, 9.17) is 16.3 Å². The van der Waals surface area contributed by atoms with Gasteiger partial charge in [0.15, 0.2) is 0 Å². The number of ether oxygens (including phenoxy) is 1. The first kappa shape index (κ1) is 17.9. The summed E-state index contributed by atoms with van der Waals surface area (Å²) >= 11 is 6.15. The van der Waals surface area contributed by atoms with Crippen molar-refractivity contribution in [2.24, 2.45) is 5.92 Å². The third-order valence-corrected chi connectivity index (χ3v) is 5.05. The number of halogens is 1. The molecule has 0 saturated carbocycles. The maximum absolute atomic E-state index is 12.9. The number of nitrogens with zero attached hydrogens (tertiary/aromatic N) is 2. The standard InChI is InChI=1S/C18H21ClN2O4/c1-2-25-18(24)12-6-5-9-20(11-12)15-10-16(22)21(17(15)23)14-8-4-3-7-13(14)19/h3-4,7-8,12,15H,2,5-6,9-11H2,1H3/t12-,15+/m1/s1. The monoisotopic (exact) mass is 364 g/mol. The molecule has 7 heteroatoms. The van der Waals surface area contributed by atoms with Gasteiger partial charge in [0.25, 0.3) is 5.91 Å². The molecular weight excluding hydrogens is 344 g/mol. The molecule has 0 N–H and O–H groups in total. The summed E-state index contributed by atoms with van der Waals surface area (Å²) in [7, 11) is 0. The fraction of sp³-hybridized carbons (Fsp3) is 0.500. The summed E-state index contributed by atoms with van der Waals surface area (Å²) < 4.78 is 5.10. The number of benzene rings is 1. The summed E-state index contributed by atoms with van der Waals surface area (Å²) in [5, 5.41) is 0.368. The molecule has 25 heavy (non-hydrogen) atoms. The average Bonchev–Trinajstić information content (AvgIpc) is 2.90. The van der Waals surface area contributed by atoms with Crippen molar-refractivity contribution in [3.05, 3.63) is 29.3 Å². The minimum Gasteiger partial charge on any atom is -0.466 e. The lowest BCUT2D eigenvalue weighted by Gasteiger charge is -2.34. The van der Waals surface area contributed by atoms with Crippen LogP contribution >= 0.6 is 11.6 Å². The first-order valence-corrected chi connectivity index (χ1v) is 8.92. The van der Waals surface area contributed by atoms with Gasteiger partial charge < -0.3 is 4.74 Å². The molecule has 2 heterocycles. The van der Waals surface area contributed by atoms with Crippen LogP contribution in [0.1, 0.15) is 26.2 Å². The van der Waals surface area contributed by atoms with Gasteiger partial charge in [0.2, 0.25) is 5.91 Å². The van der Waals surface area contributed by atoms with Crippen molar-refractivity contribution in [1.29, 1.82) is 0 Å². The molecule has 134 valence electrons. The zero-order valence-electron chi connectivity index (χ0n) is 14.1. The topological polar surface area (TPSA) is 66.9 Å². The van der Waals surface area contributed by atoms with Gasteiger partial charge in [0.05, 0.1) is 35.7 Å². The fourth-order valence-corrected chi connectivity index (χ4v) is 3.75. The molecule has 0 spiro atoms. The molecule has 2 aliphatic rings. The van der Waals surface area contributed by atoms with Gasteiger partial charge in [-0.25, -0.2) is 4.90 Å². The Hall–Kier alpha value is -1.92. The molecule has 6 nitrogen and oxygen atoms in total. The number of piperidine rings is 1. The Kier molecular flexibility index (Phi) is 5.39. The molecule has 2 atom stereocenters. The quantitative estimate of drug-likeness (QED) is 0.605. The van der Waals surface area contributed by atoms with Gasteiger partial charge in [-0.1, -0.05) is 23.7 Å². The van der Waals surface area contributed by atoms with E-state index < -0.39 is 6.04 Å². The zero-order chi connectivity index (χ0) is 18.0. The van der Waals surface area contributed by atoms with Gasteiger partial charge in [-0.3, -0.25) is 19.3 Å². The van der Waals surface area contributed by atoms with Crippen molar-refractivity contribution < 1.29 is 19.1 Å². The van der Waals surface area contributed by atoms with Gasteiger partial charge in [0, 0.05) is 6.54 Å². The Labute approximate surface area is 151 Å². The van der Waals surface area contributed by atoms with Crippen molar-refractivity contribution in [2.45, 2.75) is 32.2 Å². The van der Waals surface area contributed by atoms with Gasteiger partial charge in [-0.05, 0) is 38.4 Å². The number of hydrogen-bond acceptors (Lipinski definition) is 5. The van der Waals surface area contributed by atoms with Crippen molar-refractivity contribution in [3.63, 3.8) is 0 Å². The lowest BCUT2D eigenvalue weighted by Crippen LogP contribution is -2.48. The highest BCUT2D eigenvalue weighted by atomic mass is 35.5. The summed E-state index contributed by atoms with van der Waals surface area (Å²) in [4.78, 5) is 40.4. The van der Waals surface area contributed by atoms with E-state index in [-0.39, 0.29) is 30.1 Å². The predicted octanol–water partition coefficient (Wildman–Crippen LogP) is 2.25. The van der Waals surface area contributed by atoms with Gasteiger partial charge in [-0.15, -0.1) is 0 Å². The first-order valence-electron chi connectivity index (χ1n) is 8.55. The highest BCUT2D eigenvalue weighted by molar-refractivity contribution is 6.36. The second-order valence-electron chi connectivity index (χ2n) is 6.32. The Balaban J connectivity index is 1.76. The first-order chi connectivity index (χ1) is 12.0. The largest absolute Gasteiger partial charge is 0.466 e. The maximum Gasteiger partial charge on any atom is 0.310 e. The number of carbonyl (C=O) groups is 3. The number of likely N-dealkylation sites (tertiary alicyclic amines) is 1. The number of hydrogen-bond donors (Lipinski definition) is 0. The number of amides is 2. The van der Waals surface area contributed by atoms with Crippen molar-refractivity contribution in [2.75, 3.05) is 24.6 Å². The third-order valence-electron chi connectivity index (χ3n) is 4.73. The van der Waals surface area contributed by atoms with Crippen LogP contribution in [0.3, 0.4) is 0 Å². The van der Waals surface area contributed by atoms with Crippen LogP contribution in [0.15, 0.2) is 24.3 Å². The van der Waals surface area contributed by atoms with E-state index in [1.807, 2.05) is 4.90 Å². The highest BCUT2D eigenvalue weighted by Gasteiger charge is 2.45. The van der Waals surface area contributed by atoms with Crippen molar-refractivity contribution >= 4 is 35.1 Å². The van der Waals surface area contributed by atoms with Crippen LogP contribution in [-0.2, 0) is 19.1 Å². The van der Waals surface area contributed by atoms with E-state index in [0.29, 0.717) is 30.4 Å². The average molecular weight is 365 g/mol. The van der Waals surface area contributed by atoms with Crippen LogP contribution < -0.4 is 4.90 Å². The molecular formula is C18H21ClN2O4. The zero-order valence-corrected chi connectivity index (χ0v) is 14.9. The molecule has 3 rings (SSSR count). The van der Waals surface area contributed by atoms with Crippen LogP contribution in [-0.4, -0.2) is 48.4 Å². The normalized spacial score (nSPS) is 24.6. The number of imide groups is 1. The molecule has 2 aliphatic heterocycles. The number of para-hydroxylation sites is 1. The molecule has 2 fully saturated rings. The van der Waals surface area contributed by atoms with E-state index in [1.54, 1.807) is 31.2 Å². The lowest BCUT2D eigenvalue weighted by atomic mass is 9.96. The van der Waals surface area contributed by atoms with Crippen molar-refractivity contribution in [3.8, 4) is 0 Å². The molecule has 0 radical (unpaired) electrons. The van der Waals surface area contributed by atoms with Crippen LogP contribution in [0.5, 0.6) is 0 Å². The lowest BCUT2D eigenvalue weighted by molar-refractivity contribution is -0.150. The molecule has 0 aliphatic carbocycles. The van der Waals surface area contributed by atoms with E-state index >= 15 is 0 Å². The molecule has 2 amide bonds. The Morgan fingerprint density at radius 2 is 2.08 bits per heavy atom. The number of anilines is 1. The second kappa shape index (κ2) is 7.54. The smallest absolute Gasteiger partial charge is 0.310 e. The van der Waals surface area contributed by atoms with E-state index in [0.717, 1.165) is 12.8 Å². The Morgan fingerprint density at radius 3 is 2.80 bits per heavy atom. The van der Waals surface area contributed by atoms with E-state index in [1.165, 1.54) is 4.90 Å². The molecule has 1 aromatic carbocycles. The fourth-order valence-electron chi connectivity index (χ4n) is 3.53. The molecule has 1 aromatic rings.